The van der Waals surface area contributed by atoms with Crippen LogP contribution in [0.15, 0.2) is 6.33 Å². The minimum atomic E-state index is -0.616. The van der Waals surface area contributed by atoms with Crippen LogP contribution in [0.3, 0.4) is 0 Å². The van der Waals surface area contributed by atoms with Crippen molar-refractivity contribution in [2.75, 3.05) is 26.2 Å². The Morgan fingerprint density at radius 1 is 1.26 bits per heavy atom. The molecule has 4 rings (SSSR count). The smallest absolute Gasteiger partial charge is 0.225 e. The van der Waals surface area contributed by atoms with Crippen LogP contribution in [0.1, 0.15) is 64.2 Å². The molecule has 0 unspecified atom stereocenters. The molecule has 2 atom stereocenters. The molecule has 0 bridgehead atoms. The number of aliphatic hydroxyl groups is 1. The maximum atomic E-state index is 12.8. The number of carbonyl (C=O) groups is 1. The van der Waals surface area contributed by atoms with Gasteiger partial charge in [0.2, 0.25) is 5.91 Å². The van der Waals surface area contributed by atoms with Crippen LogP contribution in [0, 0.1) is 11.8 Å². The molecule has 7 nitrogen and oxygen atoms in total. The zero-order chi connectivity index (χ0) is 19.0. The van der Waals surface area contributed by atoms with Crippen LogP contribution >= 0.6 is 0 Å². The molecule has 1 saturated carbocycles. The number of fused-ring (bicyclic) bond motifs is 1. The van der Waals surface area contributed by atoms with Gasteiger partial charge in [-0.15, -0.1) is 10.2 Å². The average molecular weight is 376 g/mol. The lowest BCUT2D eigenvalue weighted by molar-refractivity contribution is -0.150. The second-order valence-corrected chi connectivity index (χ2v) is 9.05. The first-order chi connectivity index (χ1) is 13.0. The van der Waals surface area contributed by atoms with E-state index < -0.39 is 5.60 Å². The summed E-state index contributed by atoms with van der Waals surface area (Å²) in [5, 5.41) is 19.5. The summed E-state index contributed by atoms with van der Waals surface area (Å²) >= 11 is 0. The summed E-state index contributed by atoms with van der Waals surface area (Å²) < 4.78 is 2.11. The molecule has 27 heavy (non-hydrogen) atoms. The van der Waals surface area contributed by atoms with E-state index in [4.69, 9.17) is 0 Å². The summed E-state index contributed by atoms with van der Waals surface area (Å²) in [6.07, 6.45) is 7.74. The predicted molar refractivity (Wildman–Crippen MR) is 102 cm³/mol. The topological polar surface area (TPSA) is 74.5 Å². The van der Waals surface area contributed by atoms with Crippen molar-refractivity contribution < 1.29 is 9.90 Å². The first kappa shape index (κ1) is 18.9. The highest BCUT2D eigenvalue weighted by atomic mass is 16.3. The largest absolute Gasteiger partial charge is 0.389 e. The summed E-state index contributed by atoms with van der Waals surface area (Å²) in [7, 11) is 0. The van der Waals surface area contributed by atoms with Crippen molar-refractivity contribution in [3.63, 3.8) is 0 Å². The quantitative estimate of drug-likeness (QED) is 0.869. The summed E-state index contributed by atoms with van der Waals surface area (Å²) in [5.74, 6) is 1.65. The Balaban J connectivity index is 1.41. The van der Waals surface area contributed by atoms with Gasteiger partial charge in [0.05, 0.1) is 12.1 Å². The van der Waals surface area contributed by atoms with Crippen molar-refractivity contribution in [3.05, 3.63) is 12.2 Å². The highest BCUT2D eigenvalue weighted by Crippen LogP contribution is 2.37. The van der Waals surface area contributed by atoms with Crippen molar-refractivity contribution in [3.8, 4) is 0 Å². The highest BCUT2D eigenvalue weighted by Gasteiger charge is 2.46. The van der Waals surface area contributed by atoms with Crippen LogP contribution < -0.4 is 0 Å². The molecule has 1 amide bonds. The predicted octanol–water partition coefficient (Wildman–Crippen LogP) is 1.83. The van der Waals surface area contributed by atoms with Crippen LogP contribution in [0.4, 0.5) is 0 Å². The third kappa shape index (κ3) is 3.76. The van der Waals surface area contributed by atoms with Gasteiger partial charge in [-0.3, -0.25) is 9.69 Å². The molecule has 3 heterocycles. The highest BCUT2D eigenvalue weighted by molar-refractivity contribution is 5.79. The van der Waals surface area contributed by atoms with Gasteiger partial charge in [-0.2, -0.15) is 0 Å². The second kappa shape index (κ2) is 7.51. The van der Waals surface area contributed by atoms with Crippen LogP contribution in [0.25, 0.3) is 0 Å². The number of piperidine rings is 2. The van der Waals surface area contributed by atoms with Crippen molar-refractivity contribution in [1.82, 2.24) is 24.6 Å². The summed E-state index contributed by atoms with van der Waals surface area (Å²) in [4.78, 5) is 17.2. The molecular weight excluding hydrogens is 342 g/mol. The Morgan fingerprint density at radius 3 is 2.74 bits per heavy atom. The van der Waals surface area contributed by atoms with Crippen LogP contribution in [0.2, 0.25) is 0 Å². The Labute approximate surface area is 161 Å². The van der Waals surface area contributed by atoms with Gasteiger partial charge < -0.3 is 14.6 Å². The van der Waals surface area contributed by atoms with Crippen LogP contribution in [-0.2, 0) is 11.3 Å². The van der Waals surface area contributed by atoms with Crippen molar-refractivity contribution >= 4 is 5.91 Å². The maximum absolute atomic E-state index is 12.8. The fraction of sp³-hybridized carbons (Fsp3) is 0.850. The minimum Gasteiger partial charge on any atom is -0.389 e. The van der Waals surface area contributed by atoms with E-state index in [-0.39, 0.29) is 11.8 Å². The standard InChI is InChI=1S/C20H33N5O2/c1-15(2)25-14-21-22-18(25)13-23-9-7-20(27)8-10-24(12-17(20)11-23)19(26)16-5-3-4-6-16/h14-17,27H,3-13H2,1-2H3/t17-,20-/m1/s1. The van der Waals surface area contributed by atoms with E-state index in [1.807, 2.05) is 4.90 Å². The first-order valence-electron chi connectivity index (χ1n) is 10.6. The molecule has 7 heteroatoms. The molecule has 1 aromatic heterocycles. The van der Waals surface area contributed by atoms with Gasteiger partial charge in [-0.05, 0) is 39.5 Å². The summed E-state index contributed by atoms with van der Waals surface area (Å²) in [5.41, 5.74) is -0.616. The lowest BCUT2D eigenvalue weighted by Crippen LogP contribution is -2.61. The number of aromatic nitrogens is 3. The third-order valence-corrected chi connectivity index (χ3v) is 6.94. The van der Waals surface area contributed by atoms with Crippen LogP contribution in [0.5, 0.6) is 0 Å². The normalized spacial score (nSPS) is 30.1. The molecule has 0 radical (unpaired) electrons. The lowest BCUT2D eigenvalue weighted by Gasteiger charge is -2.50. The number of amides is 1. The van der Waals surface area contributed by atoms with Gasteiger partial charge in [0, 0.05) is 44.1 Å². The number of likely N-dealkylation sites (tertiary alicyclic amines) is 2. The van der Waals surface area contributed by atoms with E-state index in [9.17, 15) is 9.90 Å². The average Bonchev–Trinajstić information content (AvgIpc) is 3.33. The number of nitrogens with zero attached hydrogens (tertiary/aromatic N) is 5. The molecule has 3 aliphatic rings. The molecule has 1 aliphatic carbocycles. The Hall–Kier alpha value is -1.47. The Kier molecular flexibility index (Phi) is 5.25. The zero-order valence-corrected chi connectivity index (χ0v) is 16.7. The molecule has 0 aromatic carbocycles. The van der Waals surface area contributed by atoms with E-state index in [1.54, 1.807) is 6.33 Å². The molecule has 150 valence electrons. The van der Waals surface area contributed by atoms with E-state index in [0.717, 1.165) is 44.7 Å². The molecule has 2 saturated heterocycles. The Bertz CT molecular complexity index is 669. The molecule has 3 fully saturated rings. The van der Waals surface area contributed by atoms with Crippen molar-refractivity contribution in [2.24, 2.45) is 11.8 Å². The van der Waals surface area contributed by atoms with Gasteiger partial charge in [-0.1, -0.05) is 12.8 Å². The molecule has 1 aromatic rings. The number of hydrogen-bond donors (Lipinski definition) is 1. The second-order valence-electron chi connectivity index (χ2n) is 9.05. The van der Waals surface area contributed by atoms with Gasteiger partial charge in [-0.25, -0.2) is 0 Å². The monoisotopic (exact) mass is 375 g/mol. The minimum absolute atomic E-state index is 0.126. The first-order valence-corrected chi connectivity index (χ1v) is 10.6. The fourth-order valence-electron chi connectivity index (χ4n) is 5.16. The summed E-state index contributed by atoms with van der Waals surface area (Å²) in [6, 6.07) is 0.339. The summed E-state index contributed by atoms with van der Waals surface area (Å²) in [6.45, 7) is 8.11. The van der Waals surface area contributed by atoms with Gasteiger partial charge in [0.25, 0.3) is 0 Å². The number of rotatable bonds is 4. The van der Waals surface area contributed by atoms with E-state index >= 15 is 0 Å². The van der Waals surface area contributed by atoms with Gasteiger partial charge in [0.1, 0.15) is 12.2 Å². The van der Waals surface area contributed by atoms with Gasteiger partial charge >= 0.3 is 0 Å². The van der Waals surface area contributed by atoms with E-state index in [2.05, 4.69) is 33.5 Å². The van der Waals surface area contributed by atoms with Crippen molar-refractivity contribution in [1.29, 1.82) is 0 Å². The SMILES string of the molecule is CC(C)n1cnnc1CN1CC[C@@]2(O)CCN(C(=O)C3CCCC3)C[C@H]2C1. The van der Waals surface area contributed by atoms with Crippen LogP contribution in [-0.4, -0.2) is 67.4 Å². The van der Waals surface area contributed by atoms with Gasteiger partial charge in [0.15, 0.2) is 0 Å². The molecule has 1 N–H and O–H groups in total. The van der Waals surface area contributed by atoms with Crippen molar-refractivity contribution in [2.45, 2.75) is 70.6 Å². The zero-order valence-electron chi connectivity index (χ0n) is 16.7. The molecular formula is C20H33N5O2. The molecule has 0 spiro atoms. The maximum Gasteiger partial charge on any atom is 0.225 e. The number of hydrogen-bond acceptors (Lipinski definition) is 5. The van der Waals surface area contributed by atoms with E-state index in [0.29, 0.717) is 31.5 Å². The van der Waals surface area contributed by atoms with E-state index in [1.165, 1.54) is 12.8 Å². The fourth-order valence-corrected chi connectivity index (χ4v) is 5.16. The molecule has 2 aliphatic heterocycles. The Morgan fingerprint density at radius 2 is 2.00 bits per heavy atom. The third-order valence-electron chi connectivity index (χ3n) is 6.94. The number of carbonyl (C=O) groups excluding carboxylic acids is 1. The lowest BCUT2D eigenvalue weighted by atomic mass is 9.75.